The number of hydrogen-bond acceptors (Lipinski definition) is 3. The molecule has 0 aromatic rings. The maximum Gasteiger partial charge on any atom is 0.0593 e. The van der Waals surface area contributed by atoms with Crippen molar-refractivity contribution in [3.8, 4) is 0 Å². The molecule has 0 amide bonds. The fraction of sp³-hybridized carbons (Fsp3) is 1.00. The molecule has 0 aromatic heterocycles. The van der Waals surface area contributed by atoms with E-state index in [1.165, 1.54) is 19.3 Å². The molecule has 0 fully saturated rings. The Morgan fingerprint density at radius 3 is 2.47 bits per heavy atom. The summed E-state index contributed by atoms with van der Waals surface area (Å²) in [4.78, 5) is 2.44. The number of nitrogens with two attached hydrogens (primary N) is 1. The zero-order chi connectivity index (χ0) is 11.5. The molecule has 1 atom stereocenters. The fourth-order valence-corrected chi connectivity index (χ4v) is 1.81. The molecule has 0 aliphatic carbocycles. The Hall–Kier alpha value is -0.120. The molecule has 0 spiro atoms. The molecule has 0 rings (SSSR count). The SMILES string of the molecule is CCCCC(CN)N(CC)CCOCC. The highest BCUT2D eigenvalue weighted by Crippen LogP contribution is 2.07. The number of unbranched alkanes of at least 4 members (excludes halogenated alkanes) is 1. The molecule has 1 unspecified atom stereocenters. The van der Waals surface area contributed by atoms with E-state index in [9.17, 15) is 0 Å². The second-order valence-corrected chi connectivity index (χ2v) is 3.86. The monoisotopic (exact) mass is 216 g/mol. The maximum atomic E-state index is 5.81. The Labute approximate surface area is 95.0 Å². The van der Waals surface area contributed by atoms with Gasteiger partial charge >= 0.3 is 0 Å². The lowest BCUT2D eigenvalue weighted by Gasteiger charge is -2.29. The highest BCUT2D eigenvalue weighted by atomic mass is 16.5. The van der Waals surface area contributed by atoms with Crippen molar-refractivity contribution in [3.63, 3.8) is 0 Å². The summed E-state index contributed by atoms with van der Waals surface area (Å²) in [5.41, 5.74) is 5.81. The van der Waals surface area contributed by atoms with Crippen molar-refractivity contribution in [2.45, 2.75) is 46.1 Å². The molecule has 0 aliphatic heterocycles. The van der Waals surface area contributed by atoms with Crippen LogP contribution in [0.15, 0.2) is 0 Å². The van der Waals surface area contributed by atoms with E-state index >= 15 is 0 Å². The van der Waals surface area contributed by atoms with Crippen molar-refractivity contribution in [1.82, 2.24) is 4.90 Å². The van der Waals surface area contributed by atoms with E-state index < -0.39 is 0 Å². The number of ether oxygens (including phenoxy) is 1. The summed E-state index contributed by atoms with van der Waals surface area (Å²) in [6, 6.07) is 0.537. The van der Waals surface area contributed by atoms with Gasteiger partial charge in [0.15, 0.2) is 0 Å². The predicted molar refractivity (Wildman–Crippen MR) is 66.1 cm³/mol. The van der Waals surface area contributed by atoms with Crippen LogP contribution < -0.4 is 5.73 Å². The number of rotatable bonds is 10. The Morgan fingerprint density at radius 1 is 1.27 bits per heavy atom. The van der Waals surface area contributed by atoms with Crippen LogP contribution in [0.25, 0.3) is 0 Å². The summed E-state index contributed by atoms with van der Waals surface area (Å²) in [7, 11) is 0. The standard InChI is InChI=1S/C12H28N2O/c1-4-7-8-12(11-13)14(5-2)9-10-15-6-3/h12H,4-11,13H2,1-3H3. The van der Waals surface area contributed by atoms with Crippen LogP contribution in [0.1, 0.15) is 40.0 Å². The molecule has 15 heavy (non-hydrogen) atoms. The van der Waals surface area contributed by atoms with E-state index in [-0.39, 0.29) is 0 Å². The molecular weight excluding hydrogens is 188 g/mol. The Kier molecular flexibility index (Phi) is 10.3. The second-order valence-electron chi connectivity index (χ2n) is 3.86. The molecule has 0 aromatic carbocycles. The minimum absolute atomic E-state index is 0.537. The first kappa shape index (κ1) is 14.9. The van der Waals surface area contributed by atoms with Gasteiger partial charge in [-0.25, -0.2) is 0 Å². The topological polar surface area (TPSA) is 38.5 Å². The molecule has 0 bridgehead atoms. The lowest BCUT2D eigenvalue weighted by atomic mass is 10.1. The first-order valence-electron chi connectivity index (χ1n) is 6.31. The van der Waals surface area contributed by atoms with Gasteiger partial charge in [0.25, 0.3) is 0 Å². The molecule has 0 aliphatic rings. The zero-order valence-corrected chi connectivity index (χ0v) is 10.7. The van der Waals surface area contributed by atoms with Crippen LogP contribution in [0.5, 0.6) is 0 Å². The zero-order valence-electron chi connectivity index (χ0n) is 10.7. The van der Waals surface area contributed by atoms with Crippen LogP contribution in [0, 0.1) is 0 Å². The molecular formula is C12H28N2O. The van der Waals surface area contributed by atoms with Crippen LogP contribution in [0.3, 0.4) is 0 Å². The smallest absolute Gasteiger partial charge is 0.0593 e. The number of nitrogens with zero attached hydrogens (tertiary/aromatic N) is 1. The number of hydrogen-bond donors (Lipinski definition) is 1. The molecule has 92 valence electrons. The largest absolute Gasteiger partial charge is 0.380 e. The Bertz CT molecular complexity index is 131. The molecule has 2 N–H and O–H groups in total. The first-order valence-corrected chi connectivity index (χ1v) is 6.31. The van der Waals surface area contributed by atoms with E-state index in [2.05, 4.69) is 18.7 Å². The van der Waals surface area contributed by atoms with Crippen LogP contribution >= 0.6 is 0 Å². The highest BCUT2D eigenvalue weighted by Gasteiger charge is 2.14. The van der Waals surface area contributed by atoms with Crippen molar-refractivity contribution in [1.29, 1.82) is 0 Å². The van der Waals surface area contributed by atoms with Gasteiger partial charge in [-0.3, -0.25) is 4.90 Å². The van der Waals surface area contributed by atoms with Crippen LogP contribution in [0.4, 0.5) is 0 Å². The Morgan fingerprint density at radius 2 is 2.00 bits per heavy atom. The second kappa shape index (κ2) is 10.4. The molecule has 3 nitrogen and oxygen atoms in total. The lowest BCUT2D eigenvalue weighted by molar-refractivity contribution is 0.0953. The molecule has 0 saturated heterocycles. The van der Waals surface area contributed by atoms with Crippen LogP contribution in [-0.2, 0) is 4.74 Å². The quantitative estimate of drug-likeness (QED) is 0.567. The van der Waals surface area contributed by atoms with E-state index in [0.717, 1.165) is 32.8 Å². The van der Waals surface area contributed by atoms with Crippen LogP contribution in [-0.4, -0.2) is 43.8 Å². The van der Waals surface area contributed by atoms with Gasteiger partial charge in [-0.15, -0.1) is 0 Å². The molecule has 0 heterocycles. The fourth-order valence-electron chi connectivity index (χ4n) is 1.81. The van der Waals surface area contributed by atoms with Gasteiger partial charge in [-0.2, -0.15) is 0 Å². The average molecular weight is 216 g/mol. The average Bonchev–Trinajstić information content (AvgIpc) is 2.27. The third kappa shape index (κ3) is 6.88. The predicted octanol–water partition coefficient (Wildman–Crippen LogP) is 1.86. The highest BCUT2D eigenvalue weighted by molar-refractivity contribution is 4.71. The van der Waals surface area contributed by atoms with Crippen LogP contribution in [0.2, 0.25) is 0 Å². The van der Waals surface area contributed by atoms with E-state index in [4.69, 9.17) is 10.5 Å². The normalized spacial score (nSPS) is 13.4. The van der Waals surface area contributed by atoms with Gasteiger partial charge in [0.2, 0.25) is 0 Å². The van der Waals surface area contributed by atoms with Crippen molar-refractivity contribution < 1.29 is 4.74 Å². The summed E-state index contributed by atoms with van der Waals surface area (Å²) < 4.78 is 5.38. The van der Waals surface area contributed by atoms with Gasteiger partial charge in [0.05, 0.1) is 6.61 Å². The van der Waals surface area contributed by atoms with Crippen molar-refractivity contribution in [2.75, 3.05) is 32.8 Å². The van der Waals surface area contributed by atoms with E-state index in [1.54, 1.807) is 0 Å². The first-order chi connectivity index (χ1) is 7.29. The summed E-state index contributed by atoms with van der Waals surface area (Å²) in [6.45, 7) is 10.9. The molecule has 0 saturated carbocycles. The third-order valence-electron chi connectivity index (χ3n) is 2.81. The summed E-state index contributed by atoms with van der Waals surface area (Å²) in [6.07, 6.45) is 3.74. The summed E-state index contributed by atoms with van der Waals surface area (Å²) >= 11 is 0. The maximum absolute atomic E-state index is 5.81. The van der Waals surface area contributed by atoms with Gasteiger partial charge < -0.3 is 10.5 Å². The van der Waals surface area contributed by atoms with Gasteiger partial charge in [0, 0.05) is 25.7 Å². The van der Waals surface area contributed by atoms with Crippen molar-refractivity contribution in [3.05, 3.63) is 0 Å². The third-order valence-corrected chi connectivity index (χ3v) is 2.81. The van der Waals surface area contributed by atoms with Gasteiger partial charge in [-0.1, -0.05) is 26.7 Å². The molecule has 0 radical (unpaired) electrons. The molecule has 3 heteroatoms. The lowest BCUT2D eigenvalue weighted by Crippen LogP contribution is -2.42. The van der Waals surface area contributed by atoms with Crippen molar-refractivity contribution in [2.24, 2.45) is 5.73 Å². The minimum atomic E-state index is 0.537. The van der Waals surface area contributed by atoms with Gasteiger partial charge in [-0.05, 0) is 19.9 Å². The minimum Gasteiger partial charge on any atom is -0.380 e. The van der Waals surface area contributed by atoms with E-state index in [1.807, 2.05) is 6.92 Å². The van der Waals surface area contributed by atoms with E-state index in [0.29, 0.717) is 6.04 Å². The Balaban J connectivity index is 3.85. The van der Waals surface area contributed by atoms with Crippen molar-refractivity contribution >= 4 is 0 Å². The summed E-state index contributed by atoms with van der Waals surface area (Å²) in [5, 5.41) is 0. The number of likely N-dealkylation sites (N-methyl/N-ethyl adjacent to an activating group) is 1. The van der Waals surface area contributed by atoms with Gasteiger partial charge in [0.1, 0.15) is 0 Å². The summed E-state index contributed by atoms with van der Waals surface area (Å²) in [5.74, 6) is 0.